The van der Waals surface area contributed by atoms with Crippen molar-refractivity contribution in [3.05, 3.63) is 59.4 Å². The van der Waals surface area contributed by atoms with E-state index in [0.29, 0.717) is 19.0 Å². The minimum Gasteiger partial charge on any atom is -0.354 e. The second-order valence-electron chi connectivity index (χ2n) is 7.60. The Balaban J connectivity index is 1.43. The quantitative estimate of drug-likeness (QED) is 0.693. The topological polar surface area (TPSA) is 71.8 Å². The highest BCUT2D eigenvalue weighted by atomic mass is 16.1. The molecule has 6 heteroatoms. The van der Waals surface area contributed by atoms with E-state index < -0.39 is 0 Å². The van der Waals surface area contributed by atoms with E-state index in [1.54, 1.807) is 6.20 Å². The van der Waals surface area contributed by atoms with Crippen molar-refractivity contribution < 1.29 is 4.79 Å². The fourth-order valence-corrected chi connectivity index (χ4v) is 3.82. The van der Waals surface area contributed by atoms with Gasteiger partial charge in [-0.1, -0.05) is 29.8 Å². The van der Waals surface area contributed by atoms with Gasteiger partial charge in [0.15, 0.2) is 5.65 Å². The summed E-state index contributed by atoms with van der Waals surface area (Å²) in [5.74, 6) is 0.297. The molecule has 0 aliphatic carbocycles. The van der Waals surface area contributed by atoms with Crippen LogP contribution in [-0.4, -0.2) is 40.3 Å². The van der Waals surface area contributed by atoms with Crippen molar-refractivity contribution in [2.45, 2.75) is 38.6 Å². The van der Waals surface area contributed by atoms with Gasteiger partial charge in [0.25, 0.3) is 0 Å². The summed E-state index contributed by atoms with van der Waals surface area (Å²) in [6.07, 6.45) is 2.90. The Hall–Kier alpha value is -2.73. The fraction of sp³-hybridized carbons (Fsp3) is 0.409. The summed E-state index contributed by atoms with van der Waals surface area (Å²) >= 11 is 0. The number of benzene rings is 1. The molecule has 1 saturated heterocycles. The first-order chi connectivity index (χ1) is 13.6. The van der Waals surface area contributed by atoms with Crippen LogP contribution in [0.2, 0.25) is 0 Å². The third-order valence-corrected chi connectivity index (χ3v) is 5.58. The van der Waals surface area contributed by atoms with Crippen molar-refractivity contribution in [3.63, 3.8) is 0 Å². The highest BCUT2D eigenvalue weighted by Crippen LogP contribution is 2.27. The Kier molecular flexibility index (Phi) is 5.39. The number of rotatable bonds is 6. The van der Waals surface area contributed by atoms with Gasteiger partial charge < -0.3 is 10.6 Å². The number of hydrogen-bond acceptors (Lipinski definition) is 4. The number of carbonyl (C=O) groups is 1. The molecule has 0 spiro atoms. The summed E-state index contributed by atoms with van der Waals surface area (Å²) in [5.41, 5.74) is 4.24. The number of amides is 1. The molecule has 3 aromatic rings. The Morgan fingerprint density at radius 2 is 2.14 bits per heavy atom. The van der Waals surface area contributed by atoms with Gasteiger partial charge >= 0.3 is 0 Å². The van der Waals surface area contributed by atoms with Crippen molar-refractivity contribution in [2.75, 3.05) is 19.6 Å². The van der Waals surface area contributed by atoms with E-state index >= 15 is 0 Å². The van der Waals surface area contributed by atoms with Crippen LogP contribution in [0.3, 0.4) is 0 Å². The molecule has 2 aromatic heterocycles. The van der Waals surface area contributed by atoms with E-state index in [1.807, 2.05) is 48.9 Å². The number of hydrogen-bond donors (Lipinski definition) is 2. The van der Waals surface area contributed by atoms with Crippen LogP contribution in [-0.2, 0) is 11.3 Å². The molecule has 1 fully saturated rings. The summed E-state index contributed by atoms with van der Waals surface area (Å²) < 4.78 is 1.93. The highest BCUT2D eigenvalue weighted by Gasteiger charge is 2.23. The lowest BCUT2D eigenvalue weighted by Crippen LogP contribution is -2.31. The first-order valence-corrected chi connectivity index (χ1v) is 10.00. The lowest BCUT2D eigenvalue weighted by molar-refractivity contribution is -0.122. The van der Waals surface area contributed by atoms with Gasteiger partial charge in [0.2, 0.25) is 5.91 Å². The monoisotopic (exact) mass is 377 g/mol. The molecule has 1 aliphatic rings. The number of aromatic nitrogens is 3. The SMILES string of the molecule is Cc1ccc([C@H](C)C(=O)NCCn2nc([C@@H]3CCNC3)c3cccnc32)cc1. The van der Waals surface area contributed by atoms with Gasteiger partial charge in [-0.25, -0.2) is 9.67 Å². The van der Waals surface area contributed by atoms with Crippen LogP contribution in [0.1, 0.15) is 42.0 Å². The molecule has 2 atom stereocenters. The molecule has 146 valence electrons. The minimum atomic E-state index is -0.173. The van der Waals surface area contributed by atoms with Gasteiger partial charge in [0.1, 0.15) is 0 Å². The number of aryl methyl sites for hydroxylation is 1. The van der Waals surface area contributed by atoms with E-state index in [0.717, 1.165) is 41.8 Å². The number of carbonyl (C=O) groups excluding carboxylic acids is 1. The predicted octanol–water partition coefficient (Wildman–Crippen LogP) is 2.74. The first kappa shape index (κ1) is 18.6. The van der Waals surface area contributed by atoms with Crippen LogP contribution >= 0.6 is 0 Å². The number of pyridine rings is 1. The van der Waals surface area contributed by atoms with E-state index in [9.17, 15) is 4.79 Å². The van der Waals surface area contributed by atoms with Crippen molar-refractivity contribution in [3.8, 4) is 0 Å². The summed E-state index contributed by atoms with van der Waals surface area (Å²) in [7, 11) is 0. The van der Waals surface area contributed by atoms with E-state index in [1.165, 1.54) is 5.56 Å². The fourth-order valence-electron chi connectivity index (χ4n) is 3.82. The van der Waals surface area contributed by atoms with Crippen molar-refractivity contribution in [1.29, 1.82) is 0 Å². The highest BCUT2D eigenvalue weighted by molar-refractivity contribution is 5.83. The Morgan fingerprint density at radius 1 is 1.32 bits per heavy atom. The zero-order valence-electron chi connectivity index (χ0n) is 16.5. The molecule has 28 heavy (non-hydrogen) atoms. The predicted molar refractivity (Wildman–Crippen MR) is 110 cm³/mol. The van der Waals surface area contributed by atoms with Crippen molar-refractivity contribution in [1.82, 2.24) is 25.4 Å². The van der Waals surface area contributed by atoms with Crippen molar-refractivity contribution >= 4 is 16.9 Å². The molecular weight excluding hydrogens is 350 g/mol. The van der Waals surface area contributed by atoms with Gasteiger partial charge in [-0.05, 0) is 44.5 Å². The molecule has 1 aromatic carbocycles. The molecule has 1 aliphatic heterocycles. The number of nitrogens with one attached hydrogen (secondary N) is 2. The number of fused-ring (bicyclic) bond motifs is 1. The van der Waals surface area contributed by atoms with E-state index in [4.69, 9.17) is 5.10 Å². The zero-order chi connectivity index (χ0) is 19.5. The minimum absolute atomic E-state index is 0.0356. The van der Waals surface area contributed by atoms with Gasteiger partial charge in [0.05, 0.1) is 18.2 Å². The molecule has 0 unspecified atom stereocenters. The van der Waals surface area contributed by atoms with E-state index in [2.05, 4.69) is 21.7 Å². The van der Waals surface area contributed by atoms with Gasteiger partial charge in [-0.15, -0.1) is 0 Å². The molecule has 0 saturated carbocycles. The third-order valence-electron chi connectivity index (χ3n) is 5.58. The van der Waals surface area contributed by atoms with Crippen LogP contribution in [0, 0.1) is 6.92 Å². The van der Waals surface area contributed by atoms with Crippen LogP contribution in [0.5, 0.6) is 0 Å². The lowest BCUT2D eigenvalue weighted by Gasteiger charge is -2.13. The van der Waals surface area contributed by atoms with Crippen LogP contribution in [0.15, 0.2) is 42.6 Å². The maximum atomic E-state index is 12.5. The maximum absolute atomic E-state index is 12.5. The first-order valence-electron chi connectivity index (χ1n) is 10.00. The molecule has 4 rings (SSSR count). The number of nitrogens with zero attached hydrogens (tertiary/aromatic N) is 3. The molecule has 6 nitrogen and oxygen atoms in total. The standard InChI is InChI=1S/C22H27N5O/c1-15-5-7-17(8-6-15)16(2)22(28)25-12-13-27-21-19(4-3-10-24-21)20(26-27)18-9-11-23-14-18/h3-8,10,16,18,23H,9,11-14H2,1-2H3,(H,25,28)/t16-,18+/m0/s1. The summed E-state index contributed by atoms with van der Waals surface area (Å²) in [5, 5.41) is 12.4. The summed E-state index contributed by atoms with van der Waals surface area (Å²) in [6.45, 7) is 7.13. The second-order valence-corrected chi connectivity index (χ2v) is 7.60. The molecule has 0 radical (unpaired) electrons. The largest absolute Gasteiger partial charge is 0.354 e. The van der Waals surface area contributed by atoms with Gasteiger partial charge in [-0.2, -0.15) is 5.10 Å². The van der Waals surface area contributed by atoms with Gasteiger partial charge in [-0.3, -0.25) is 4.79 Å². The van der Waals surface area contributed by atoms with E-state index in [-0.39, 0.29) is 11.8 Å². The average molecular weight is 377 g/mol. The average Bonchev–Trinajstić information content (AvgIpc) is 3.36. The molecular formula is C22H27N5O. The smallest absolute Gasteiger partial charge is 0.227 e. The zero-order valence-corrected chi connectivity index (χ0v) is 16.5. The summed E-state index contributed by atoms with van der Waals surface area (Å²) in [6, 6.07) is 12.2. The maximum Gasteiger partial charge on any atom is 0.227 e. The Morgan fingerprint density at radius 3 is 2.89 bits per heavy atom. The van der Waals surface area contributed by atoms with Crippen LogP contribution in [0.25, 0.3) is 11.0 Å². The second kappa shape index (κ2) is 8.10. The summed E-state index contributed by atoms with van der Waals surface area (Å²) in [4.78, 5) is 17.1. The Bertz CT molecular complexity index is 957. The lowest BCUT2D eigenvalue weighted by atomic mass is 9.99. The molecule has 3 heterocycles. The Labute approximate surface area is 165 Å². The van der Waals surface area contributed by atoms with Crippen molar-refractivity contribution in [2.24, 2.45) is 0 Å². The molecule has 2 N–H and O–H groups in total. The normalized spacial score (nSPS) is 17.7. The van der Waals surface area contributed by atoms with Crippen LogP contribution < -0.4 is 10.6 Å². The molecule has 1 amide bonds. The third kappa shape index (κ3) is 3.78. The van der Waals surface area contributed by atoms with Gasteiger partial charge in [0, 0.05) is 30.6 Å². The van der Waals surface area contributed by atoms with Crippen LogP contribution in [0.4, 0.5) is 0 Å². The molecule has 0 bridgehead atoms.